The van der Waals surface area contributed by atoms with Crippen LogP contribution in [0.2, 0.25) is 0 Å². The molecule has 0 aromatic carbocycles. The van der Waals surface area contributed by atoms with Crippen molar-refractivity contribution in [2.45, 2.75) is 26.7 Å². The van der Waals surface area contributed by atoms with E-state index in [1.165, 1.54) is 0 Å². The third-order valence-corrected chi connectivity index (χ3v) is 3.30. The highest BCUT2D eigenvalue weighted by Crippen LogP contribution is 2.30. The summed E-state index contributed by atoms with van der Waals surface area (Å²) in [5.74, 6) is 0.195. The lowest BCUT2D eigenvalue weighted by atomic mass is 9.80. The minimum absolute atomic E-state index is 0.00715. The summed E-state index contributed by atoms with van der Waals surface area (Å²) >= 11 is 0. The summed E-state index contributed by atoms with van der Waals surface area (Å²) in [5.41, 5.74) is -0.367. The van der Waals surface area contributed by atoms with E-state index >= 15 is 0 Å². The van der Waals surface area contributed by atoms with Crippen LogP contribution in [0.15, 0.2) is 0 Å². The highest BCUT2D eigenvalue weighted by molar-refractivity contribution is 5.78. The zero-order chi connectivity index (χ0) is 11.5. The van der Waals surface area contributed by atoms with Gasteiger partial charge in [0, 0.05) is 24.4 Å². The Morgan fingerprint density at radius 2 is 1.73 bits per heavy atom. The monoisotopic (exact) mass is 215 g/mol. The highest BCUT2D eigenvalue weighted by Gasteiger charge is 2.35. The van der Waals surface area contributed by atoms with Gasteiger partial charge in [-0.05, 0) is 12.8 Å². The predicted octanol–water partition coefficient (Wildman–Crippen LogP) is 0.236. The van der Waals surface area contributed by atoms with Gasteiger partial charge in [0.15, 0.2) is 0 Å². The van der Waals surface area contributed by atoms with Crippen LogP contribution in [0.25, 0.3) is 0 Å². The molecule has 2 N–H and O–H groups in total. The quantitative estimate of drug-likeness (QED) is 0.708. The van der Waals surface area contributed by atoms with E-state index in [4.69, 9.17) is 0 Å². The van der Waals surface area contributed by atoms with Crippen LogP contribution in [-0.2, 0) is 4.79 Å². The fraction of sp³-hybridized carbons (Fsp3) is 0.909. The second-order valence-corrected chi connectivity index (χ2v) is 4.80. The van der Waals surface area contributed by atoms with Crippen LogP contribution in [0.5, 0.6) is 0 Å². The van der Waals surface area contributed by atoms with Gasteiger partial charge in [-0.15, -0.1) is 0 Å². The van der Waals surface area contributed by atoms with E-state index in [1.54, 1.807) is 0 Å². The number of carbonyl (C=O) groups excluding carboxylic acids is 1. The molecule has 88 valence electrons. The summed E-state index contributed by atoms with van der Waals surface area (Å²) in [6.07, 6.45) is 1.39. The van der Waals surface area contributed by atoms with Crippen molar-refractivity contribution in [2.75, 3.05) is 26.3 Å². The van der Waals surface area contributed by atoms with Crippen molar-refractivity contribution >= 4 is 5.91 Å². The fourth-order valence-corrected chi connectivity index (χ4v) is 1.93. The van der Waals surface area contributed by atoms with Crippen LogP contribution in [0, 0.1) is 11.3 Å². The zero-order valence-electron chi connectivity index (χ0n) is 9.57. The van der Waals surface area contributed by atoms with Gasteiger partial charge in [-0.3, -0.25) is 4.79 Å². The molecule has 1 saturated heterocycles. The average molecular weight is 215 g/mol. The van der Waals surface area contributed by atoms with Gasteiger partial charge in [-0.2, -0.15) is 0 Å². The molecule has 1 rings (SSSR count). The van der Waals surface area contributed by atoms with Crippen molar-refractivity contribution in [3.63, 3.8) is 0 Å². The molecule has 0 radical (unpaired) electrons. The number of amides is 1. The number of aliphatic hydroxyl groups is 2. The molecule has 1 aliphatic rings. The van der Waals surface area contributed by atoms with Crippen molar-refractivity contribution in [1.29, 1.82) is 0 Å². The Hall–Kier alpha value is -0.610. The fourth-order valence-electron chi connectivity index (χ4n) is 1.93. The highest BCUT2D eigenvalue weighted by atomic mass is 16.3. The first kappa shape index (κ1) is 12.5. The van der Waals surface area contributed by atoms with Gasteiger partial charge in [0.25, 0.3) is 0 Å². The van der Waals surface area contributed by atoms with Crippen LogP contribution >= 0.6 is 0 Å². The number of carbonyl (C=O) groups is 1. The largest absolute Gasteiger partial charge is 0.396 e. The second kappa shape index (κ2) is 4.94. The molecule has 0 spiro atoms. The summed E-state index contributed by atoms with van der Waals surface area (Å²) in [7, 11) is 0. The topological polar surface area (TPSA) is 60.8 Å². The second-order valence-electron chi connectivity index (χ2n) is 4.80. The number of nitrogens with zero attached hydrogens (tertiary/aromatic N) is 1. The van der Waals surface area contributed by atoms with E-state index in [2.05, 4.69) is 0 Å². The number of hydrogen-bond donors (Lipinski definition) is 2. The Labute approximate surface area is 90.9 Å². The summed E-state index contributed by atoms with van der Waals surface area (Å²) in [6.45, 7) is 5.10. The maximum absolute atomic E-state index is 11.7. The van der Waals surface area contributed by atoms with Crippen molar-refractivity contribution in [3.8, 4) is 0 Å². The SMILES string of the molecule is CC(C)C(=O)N1CCC(CO)(CO)CC1. The van der Waals surface area contributed by atoms with E-state index in [0.717, 1.165) is 0 Å². The molecule has 0 aromatic heterocycles. The normalized spacial score (nSPS) is 20.7. The molecular formula is C11H21NO3. The Kier molecular flexibility index (Phi) is 4.11. The predicted molar refractivity (Wildman–Crippen MR) is 57.3 cm³/mol. The molecule has 0 bridgehead atoms. The Morgan fingerprint density at radius 1 is 1.27 bits per heavy atom. The van der Waals surface area contributed by atoms with Crippen LogP contribution in [0.1, 0.15) is 26.7 Å². The van der Waals surface area contributed by atoms with Gasteiger partial charge in [-0.1, -0.05) is 13.8 Å². The van der Waals surface area contributed by atoms with Crippen molar-refractivity contribution in [2.24, 2.45) is 11.3 Å². The first-order chi connectivity index (χ1) is 7.04. The molecule has 1 heterocycles. The molecule has 1 fully saturated rings. The smallest absolute Gasteiger partial charge is 0.225 e. The number of piperidine rings is 1. The van der Waals surface area contributed by atoms with Gasteiger partial charge in [-0.25, -0.2) is 0 Å². The van der Waals surface area contributed by atoms with Gasteiger partial charge in [0.1, 0.15) is 0 Å². The van der Waals surface area contributed by atoms with Gasteiger partial charge >= 0.3 is 0 Å². The molecule has 1 amide bonds. The van der Waals surface area contributed by atoms with E-state index in [1.807, 2.05) is 18.7 Å². The molecule has 0 unspecified atom stereocenters. The lowest BCUT2D eigenvalue weighted by Crippen LogP contribution is -2.47. The van der Waals surface area contributed by atoms with Gasteiger partial charge in [0.2, 0.25) is 5.91 Å². The average Bonchev–Trinajstić information content (AvgIpc) is 2.28. The summed E-state index contributed by atoms with van der Waals surface area (Å²) in [6, 6.07) is 0. The summed E-state index contributed by atoms with van der Waals surface area (Å²) in [4.78, 5) is 13.5. The van der Waals surface area contributed by atoms with E-state index in [9.17, 15) is 15.0 Å². The summed E-state index contributed by atoms with van der Waals surface area (Å²) < 4.78 is 0. The Balaban J connectivity index is 2.52. The minimum atomic E-state index is -0.367. The molecule has 4 nitrogen and oxygen atoms in total. The third kappa shape index (κ3) is 2.69. The molecule has 15 heavy (non-hydrogen) atoms. The molecule has 0 aromatic rings. The standard InChI is InChI=1S/C11H21NO3/c1-9(2)10(15)12-5-3-11(7-13,8-14)4-6-12/h9,13-14H,3-8H2,1-2H3. The van der Waals surface area contributed by atoms with Crippen LogP contribution in [0.4, 0.5) is 0 Å². The molecule has 0 atom stereocenters. The van der Waals surface area contributed by atoms with E-state index < -0.39 is 0 Å². The van der Waals surface area contributed by atoms with Crippen LogP contribution in [0.3, 0.4) is 0 Å². The first-order valence-electron chi connectivity index (χ1n) is 5.55. The van der Waals surface area contributed by atoms with E-state index in [0.29, 0.717) is 25.9 Å². The lowest BCUT2D eigenvalue weighted by Gasteiger charge is -2.40. The van der Waals surface area contributed by atoms with Gasteiger partial charge < -0.3 is 15.1 Å². The number of rotatable bonds is 3. The van der Waals surface area contributed by atoms with Crippen LogP contribution in [-0.4, -0.2) is 47.3 Å². The molecule has 1 aliphatic heterocycles. The van der Waals surface area contributed by atoms with Crippen molar-refractivity contribution in [3.05, 3.63) is 0 Å². The maximum Gasteiger partial charge on any atom is 0.225 e. The molecule has 0 aliphatic carbocycles. The maximum atomic E-state index is 11.7. The van der Waals surface area contributed by atoms with Crippen LogP contribution < -0.4 is 0 Å². The number of aliphatic hydroxyl groups excluding tert-OH is 2. The van der Waals surface area contributed by atoms with Crippen molar-refractivity contribution < 1.29 is 15.0 Å². The number of hydrogen-bond acceptors (Lipinski definition) is 3. The van der Waals surface area contributed by atoms with Gasteiger partial charge in [0.05, 0.1) is 13.2 Å². The first-order valence-corrected chi connectivity index (χ1v) is 5.55. The Morgan fingerprint density at radius 3 is 2.07 bits per heavy atom. The lowest BCUT2D eigenvalue weighted by molar-refractivity contribution is -0.138. The molecule has 0 saturated carbocycles. The third-order valence-electron chi connectivity index (χ3n) is 3.30. The summed E-state index contributed by atoms with van der Waals surface area (Å²) in [5, 5.41) is 18.4. The zero-order valence-corrected chi connectivity index (χ0v) is 9.57. The van der Waals surface area contributed by atoms with E-state index in [-0.39, 0.29) is 30.5 Å². The Bertz CT molecular complexity index is 214. The minimum Gasteiger partial charge on any atom is -0.396 e. The van der Waals surface area contributed by atoms with Crippen molar-refractivity contribution in [1.82, 2.24) is 4.90 Å². The molecular weight excluding hydrogens is 194 g/mol. The number of likely N-dealkylation sites (tertiary alicyclic amines) is 1. The molecule has 4 heteroatoms.